The normalized spacial score (nSPS) is 16.4. The number of hydrogen-bond donors (Lipinski definition) is 3. The molecule has 3 aromatic rings. The Morgan fingerprint density at radius 2 is 1.70 bits per heavy atom. The van der Waals surface area contributed by atoms with Gasteiger partial charge in [0.25, 0.3) is 0 Å². The highest BCUT2D eigenvalue weighted by atomic mass is 15.0. The Morgan fingerprint density at radius 1 is 1.00 bits per heavy atom. The molecule has 2 heterocycles. The summed E-state index contributed by atoms with van der Waals surface area (Å²) in [4.78, 5) is 7.62. The van der Waals surface area contributed by atoms with Gasteiger partial charge >= 0.3 is 0 Å². The molecule has 3 N–H and O–H groups in total. The summed E-state index contributed by atoms with van der Waals surface area (Å²) in [7, 11) is 0. The lowest BCUT2D eigenvalue weighted by atomic mass is 9.87. The van der Waals surface area contributed by atoms with Crippen LogP contribution in [-0.4, -0.2) is 29.1 Å². The summed E-state index contributed by atoms with van der Waals surface area (Å²) in [6.07, 6.45) is 5.12. The smallest absolute Gasteiger partial charge is 0.0925 e. The topological polar surface area (TPSA) is 52.7 Å². The average Bonchev–Trinajstić information content (AvgIpc) is 3.20. The van der Waals surface area contributed by atoms with Crippen LogP contribution in [0.15, 0.2) is 67.0 Å². The molecule has 0 amide bonds. The minimum Gasteiger partial charge on any atom is -0.347 e. The predicted octanol–water partition coefficient (Wildman–Crippen LogP) is 3.63. The monoisotopic (exact) mass is 360 g/mol. The Morgan fingerprint density at radius 3 is 2.41 bits per heavy atom. The van der Waals surface area contributed by atoms with Crippen molar-refractivity contribution in [2.75, 3.05) is 13.1 Å². The van der Waals surface area contributed by atoms with Gasteiger partial charge in [0.15, 0.2) is 0 Å². The molecule has 0 radical (unpaired) electrons. The highest BCUT2D eigenvalue weighted by Crippen LogP contribution is 2.28. The molecule has 4 nitrogen and oxygen atoms in total. The van der Waals surface area contributed by atoms with Crippen LogP contribution in [-0.2, 0) is 13.0 Å². The fraction of sp³-hybridized carbons (Fsp3) is 0.348. The second-order valence-electron chi connectivity index (χ2n) is 7.33. The van der Waals surface area contributed by atoms with Gasteiger partial charge in [0, 0.05) is 31.5 Å². The third-order valence-corrected chi connectivity index (χ3v) is 5.46. The van der Waals surface area contributed by atoms with Gasteiger partial charge in [0.2, 0.25) is 0 Å². The highest BCUT2D eigenvalue weighted by Gasteiger charge is 2.19. The third-order valence-electron chi connectivity index (χ3n) is 5.46. The molecule has 1 aliphatic heterocycles. The van der Waals surface area contributed by atoms with E-state index in [9.17, 15) is 0 Å². The molecule has 4 heteroatoms. The molecule has 140 valence electrons. The van der Waals surface area contributed by atoms with Crippen LogP contribution in [0.2, 0.25) is 0 Å². The number of rotatable bonds is 8. The van der Waals surface area contributed by atoms with Crippen LogP contribution in [0.4, 0.5) is 0 Å². The Bertz CT molecular complexity index is 773. The summed E-state index contributed by atoms with van der Waals surface area (Å²) >= 11 is 0. The predicted molar refractivity (Wildman–Crippen MR) is 110 cm³/mol. The van der Waals surface area contributed by atoms with E-state index in [0.29, 0.717) is 12.0 Å². The second-order valence-corrected chi connectivity index (χ2v) is 7.33. The van der Waals surface area contributed by atoms with Crippen LogP contribution < -0.4 is 10.6 Å². The summed E-state index contributed by atoms with van der Waals surface area (Å²) in [6.45, 7) is 2.93. The first kappa shape index (κ1) is 18.0. The van der Waals surface area contributed by atoms with Crippen molar-refractivity contribution in [3.05, 3.63) is 89.5 Å². The first-order valence-electron chi connectivity index (χ1n) is 9.95. The Balaban J connectivity index is 1.26. The average molecular weight is 361 g/mol. The van der Waals surface area contributed by atoms with Gasteiger partial charge in [0.05, 0.1) is 17.7 Å². The lowest BCUT2D eigenvalue weighted by Crippen LogP contribution is -2.43. The fourth-order valence-electron chi connectivity index (χ4n) is 3.98. The maximum Gasteiger partial charge on any atom is 0.0925 e. The van der Waals surface area contributed by atoms with E-state index in [1.165, 1.54) is 22.5 Å². The number of aromatic nitrogens is 2. The van der Waals surface area contributed by atoms with E-state index in [-0.39, 0.29) is 0 Å². The highest BCUT2D eigenvalue weighted by molar-refractivity contribution is 5.32. The standard InChI is InChI=1S/C23H28N4/c1-3-8-18(9-4-1)21(19-10-5-2-6-11-19)12-7-13-24-15-20-14-22-23(16-25-20)27-17-26-22/h1-6,8-11,17,20-21,24-25H,7,12-16H2,(H,26,27)/t20-/m0/s1. The molecule has 0 saturated carbocycles. The Kier molecular flexibility index (Phi) is 5.97. The van der Waals surface area contributed by atoms with Crippen LogP contribution in [0.1, 0.15) is 41.3 Å². The molecule has 1 aromatic heterocycles. The molecular weight excluding hydrogens is 332 g/mol. The number of aromatic amines is 1. The number of nitrogens with one attached hydrogen (secondary N) is 3. The van der Waals surface area contributed by atoms with Crippen molar-refractivity contribution in [2.45, 2.75) is 37.8 Å². The summed E-state index contributed by atoms with van der Waals surface area (Å²) in [5.74, 6) is 0.466. The van der Waals surface area contributed by atoms with Gasteiger partial charge in [-0.2, -0.15) is 0 Å². The van der Waals surface area contributed by atoms with E-state index < -0.39 is 0 Å². The van der Waals surface area contributed by atoms with Crippen LogP contribution in [0.25, 0.3) is 0 Å². The molecule has 4 rings (SSSR count). The number of H-pyrrole nitrogens is 1. The number of imidazole rings is 1. The van der Waals surface area contributed by atoms with E-state index >= 15 is 0 Å². The number of benzene rings is 2. The maximum atomic E-state index is 4.42. The molecule has 0 bridgehead atoms. The minimum atomic E-state index is 0.466. The van der Waals surface area contributed by atoms with Gasteiger partial charge in [-0.05, 0) is 30.5 Å². The van der Waals surface area contributed by atoms with E-state index in [4.69, 9.17) is 0 Å². The molecule has 0 fully saturated rings. The number of fused-ring (bicyclic) bond motifs is 1. The first-order valence-corrected chi connectivity index (χ1v) is 9.95. The zero-order chi connectivity index (χ0) is 18.3. The van der Waals surface area contributed by atoms with Gasteiger partial charge in [-0.3, -0.25) is 0 Å². The summed E-state index contributed by atoms with van der Waals surface area (Å²) in [5, 5.41) is 7.21. The van der Waals surface area contributed by atoms with Crippen molar-refractivity contribution >= 4 is 0 Å². The van der Waals surface area contributed by atoms with Gasteiger partial charge in [0.1, 0.15) is 0 Å². The summed E-state index contributed by atoms with van der Waals surface area (Å²) < 4.78 is 0. The van der Waals surface area contributed by atoms with Gasteiger partial charge < -0.3 is 15.6 Å². The van der Waals surface area contributed by atoms with Crippen molar-refractivity contribution in [2.24, 2.45) is 0 Å². The SMILES string of the molecule is c1ccc(C(CCCNC[C@@H]2Cc3nc[nH]c3CN2)c2ccccc2)cc1. The zero-order valence-corrected chi connectivity index (χ0v) is 15.7. The molecule has 1 aliphatic rings. The van der Waals surface area contributed by atoms with Gasteiger partial charge in [-0.1, -0.05) is 60.7 Å². The van der Waals surface area contributed by atoms with Crippen LogP contribution in [0.5, 0.6) is 0 Å². The van der Waals surface area contributed by atoms with Crippen molar-refractivity contribution in [1.29, 1.82) is 0 Å². The Hall–Kier alpha value is -2.43. The zero-order valence-electron chi connectivity index (χ0n) is 15.7. The molecule has 0 unspecified atom stereocenters. The summed E-state index contributed by atoms with van der Waals surface area (Å²) in [6, 6.07) is 22.2. The van der Waals surface area contributed by atoms with Crippen molar-refractivity contribution in [3.63, 3.8) is 0 Å². The second kappa shape index (κ2) is 8.98. The quantitative estimate of drug-likeness (QED) is 0.538. The molecule has 27 heavy (non-hydrogen) atoms. The molecular formula is C23H28N4. The maximum absolute atomic E-state index is 4.42. The van der Waals surface area contributed by atoms with Gasteiger partial charge in [-0.15, -0.1) is 0 Å². The fourth-order valence-corrected chi connectivity index (χ4v) is 3.98. The van der Waals surface area contributed by atoms with Crippen molar-refractivity contribution < 1.29 is 0 Å². The molecule has 1 atom stereocenters. The van der Waals surface area contributed by atoms with Crippen LogP contribution in [0.3, 0.4) is 0 Å². The Labute approximate surface area is 161 Å². The van der Waals surface area contributed by atoms with Gasteiger partial charge in [-0.25, -0.2) is 4.98 Å². The molecule has 0 aliphatic carbocycles. The molecule has 2 aromatic carbocycles. The van der Waals surface area contributed by atoms with Crippen LogP contribution in [0, 0.1) is 0 Å². The van der Waals surface area contributed by atoms with E-state index in [1.54, 1.807) is 6.33 Å². The summed E-state index contributed by atoms with van der Waals surface area (Å²) in [5.41, 5.74) is 5.26. The molecule has 0 saturated heterocycles. The minimum absolute atomic E-state index is 0.466. The van der Waals surface area contributed by atoms with E-state index in [1.807, 2.05) is 0 Å². The first-order chi connectivity index (χ1) is 13.4. The van der Waals surface area contributed by atoms with Crippen LogP contribution >= 0.6 is 0 Å². The lowest BCUT2D eigenvalue weighted by Gasteiger charge is -2.23. The van der Waals surface area contributed by atoms with E-state index in [2.05, 4.69) is 81.3 Å². The number of hydrogen-bond acceptors (Lipinski definition) is 3. The third kappa shape index (κ3) is 4.65. The van der Waals surface area contributed by atoms with Crippen molar-refractivity contribution in [1.82, 2.24) is 20.6 Å². The largest absolute Gasteiger partial charge is 0.347 e. The van der Waals surface area contributed by atoms with Crippen molar-refractivity contribution in [3.8, 4) is 0 Å². The number of nitrogens with zero attached hydrogens (tertiary/aromatic N) is 1. The lowest BCUT2D eigenvalue weighted by molar-refractivity contribution is 0.437. The molecule has 0 spiro atoms. The van der Waals surface area contributed by atoms with E-state index in [0.717, 1.165) is 38.9 Å².